The highest BCUT2D eigenvalue weighted by Crippen LogP contribution is 2.35. The van der Waals surface area contributed by atoms with Gasteiger partial charge in [-0.25, -0.2) is 14.4 Å². The summed E-state index contributed by atoms with van der Waals surface area (Å²) in [6.07, 6.45) is 3.35. The van der Waals surface area contributed by atoms with Gasteiger partial charge < -0.3 is 34.3 Å². The fourth-order valence-electron chi connectivity index (χ4n) is 6.98. The Morgan fingerprint density at radius 3 is 1.52 bits per heavy atom. The molecule has 0 aliphatic heterocycles. The Morgan fingerprint density at radius 2 is 1.05 bits per heavy atom. The molecule has 0 unspecified atom stereocenters. The molecule has 342 valence electrons. The molecule has 2 amide bonds. The lowest BCUT2D eigenvalue weighted by atomic mass is 10.1. The summed E-state index contributed by atoms with van der Waals surface area (Å²) in [5, 5.41) is 18.6. The molecule has 3 N–H and O–H groups in total. The van der Waals surface area contributed by atoms with Gasteiger partial charge in [0, 0.05) is 27.8 Å². The Morgan fingerprint density at radius 1 is 0.585 bits per heavy atom. The van der Waals surface area contributed by atoms with E-state index in [0.29, 0.717) is 57.4 Å². The number of fused-ring (bicyclic) bond motifs is 2. The fourth-order valence-corrected chi connectivity index (χ4v) is 6.98. The van der Waals surface area contributed by atoms with E-state index in [1.54, 1.807) is 63.2 Å². The van der Waals surface area contributed by atoms with Gasteiger partial charge in [0.2, 0.25) is 0 Å². The zero-order valence-corrected chi connectivity index (χ0v) is 38.1. The Bertz CT molecular complexity index is 2710. The predicted molar refractivity (Wildman–Crippen MR) is 244 cm³/mol. The molecule has 0 radical (unpaired) electrons. The lowest BCUT2D eigenvalue weighted by Crippen LogP contribution is -2.25. The average Bonchev–Trinajstić information content (AvgIpc) is 3.84. The number of H-pyrrole nitrogens is 1. The summed E-state index contributed by atoms with van der Waals surface area (Å²) in [5.41, 5.74) is 7.25. The monoisotopic (exact) mass is 890 g/mol. The second kappa shape index (κ2) is 22.2. The first-order valence-corrected chi connectivity index (χ1v) is 21.4. The molecule has 17 nitrogen and oxygen atoms in total. The van der Waals surface area contributed by atoms with Gasteiger partial charge in [-0.1, -0.05) is 26.7 Å². The quantitative estimate of drug-likeness (QED) is 0.0563. The summed E-state index contributed by atoms with van der Waals surface area (Å²) in [6.45, 7) is 16.8. The smallest absolute Gasteiger partial charge is 0.399 e. The highest BCUT2D eigenvalue weighted by atomic mass is 16.5. The van der Waals surface area contributed by atoms with E-state index < -0.39 is 35.6 Å². The van der Waals surface area contributed by atoms with E-state index in [1.807, 2.05) is 52.8 Å². The topological polar surface area (TPSA) is 219 Å². The average molecular weight is 891 g/mol. The SMILES string of the molecule is CCCc1[nH]nc2ccc(Oc3c(C)cc(NC(=O)C(=O)OCC)cc3C)cc12.CCCc1nn(C(=O)C(=O)OCC)c2ccc(Oc3c(C)cc(NC(=O)C(=O)OCC)cc3C)cc12. The van der Waals surface area contributed by atoms with Crippen molar-refractivity contribution in [2.45, 2.75) is 88.0 Å². The number of hydrogen-bond acceptors (Lipinski definition) is 13. The Balaban J connectivity index is 0.000000250. The van der Waals surface area contributed by atoms with E-state index in [-0.39, 0.29) is 19.8 Å². The molecule has 0 aliphatic rings. The van der Waals surface area contributed by atoms with Crippen LogP contribution < -0.4 is 20.1 Å². The lowest BCUT2D eigenvalue weighted by Gasteiger charge is -2.14. The normalized spacial score (nSPS) is 10.7. The summed E-state index contributed by atoms with van der Waals surface area (Å²) in [7, 11) is 0. The van der Waals surface area contributed by atoms with Crippen molar-refractivity contribution in [3.05, 3.63) is 94.3 Å². The number of aromatic amines is 1. The van der Waals surface area contributed by atoms with Crippen molar-refractivity contribution in [1.29, 1.82) is 0 Å². The van der Waals surface area contributed by atoms with Gasteiger partial charge in [0.1, 0.15) is 23.0 Å². The number of ether oxygens (including phenoxy) is 5. The second-order valence-corrected chi connectivity index (χ2v) is 14.9. The highest BCUT2D eigenvalue weighted by Gasteiger charge is 2.24. The number of aryl methyl sites for hydroxylation is 6. The van der Waals surface area contributed by atoms with Gasteiger partial charge in [0.25, 0.3) is 0 Å². The molecule has 2 heterocycles. The van der Waals surface area contributed by atoms with Crippen LogP contribution >= 0.6 is 0 Å². The summed E-state index contributed by atoms with van der Waals surface area (Å²) >= 11 is 0. The van der Waals surface area contributed by atoms with Crippen LogP contribution in [0.2, 0.25) is 0 Å². The number of nitrogens with zero attached hydrogens (tertiary/aromatic N) is 3. The molecule has 0 atom stereocenters. The molecule has 0 saturated carbocycles. The summed E-state index contributed by atoms with van der Waals surface area (Å²) < 4.78 is 27.6. The number of nitrogens with one attached hydrogen (secondary N) is 3. The number of anilines is 2. The van der Waals surface area contributed by atoms with Gasteiger partial charge in [-0.05, 0) is 144 Å². The van der Waals surface area contributed by atoms with E-state index in [2.05, 4.69) is 32.9 Å². The van der Waals surface area contributed by atoms with Crippen molar-refractivity contribution in [1.82, 2.24) is 20.0 Å². The van der Waals surface area contributed by atoms with Crippen molar-refractivity contribution >= 4 is 68.8 Å². The molecule has 0 fully saturated rings. The van der Waals surface area contributed by atoms with Gasteiger partial charge in [-0.2, -0.15) is 14.9 Å². The number of hydrogen-bond donors (Lipinski definition) is 3. The number of rotatable bonds is 13. The third kappa shape index (κ3) is 11.9. The van der Waals surface area contributed by atoms with Crippen LogP contribution in [0.15, 0.2) is 60.7 Å². The minimum Gasteiger partial charge on any atom is -0.459 e. The second-order valence-electron chi connectivity index (χ2n) is 14.9. The predicted octanol–water partition coefficient (Wildman–Crippen LogP) is 8.53. The fraction of sp³-hybridized carbons (Fsp3) is 0.333. The maximum absolute atomic E-state index is 12.6. The molecule has 65 heavy (non-hydrogen) atoms. The van der Waals surface area contributed by atoms with E-state index >= 15 is 0 Å². The van der Waals surface area contributed by atoms with Gasteiger partial charge in [-0.3, -0.25) is 19.5 Å². The zero-order chi connectivity index (χ0) is 47.4. The molecule has 17 heteroatoms. The highest BCUT2D eigenvalue weighted by molar-refractivity contribution is 6.38. The number of carbonyl (C=O) groups excluding carboxylic acids is 6. The number of esters is 3. The zero-order valence-electron chi connectivity index (χ0n) is 38.1. The van der Waals surface area contributed by atoms with E-state index in [0.717, 1.165) is 62.8 Å². The Kier molecular flexibility index (Phi) is 16.5. The van der Waals surface area contributed by atoms with Crippen LogP contribution in [0, 0.1) is 27.7 Å². The molecule has 0 spiro atoms. The minimum absolute atomic E-state index is 0.0909. The summed E-state index contributed by atoms with van der Waals surface area (Å²) in [6, 6.07) is 17.8. The largest absolute Gasteiger partial charge is 0.459 e. The molecule has 4 aromatic carbocycles. The Labute approximate surface area is 376 Å². The summed E-state index contributed by atoms with van der Waals surface area (Å²) in [4.78, 5) is 71.5. The molecule has 0 bridgehead atoms. The van der Waals surface area contributed by atoms with E-state index in [9.17, 15) is 28.8 Å². The lowest BCUT2D eigenvalue weighted by molar-refractivity contribution is -0.152. The van der Waals surface area contributed by atoms with Gasteiger partial charge in [-0.15, -0.1) is 0 Å². The number of aromatic nitrogens is 4. The van der Waals surface area contributed by atoms with Crippen LogP contribution in [0.4, 0.5) is 11.4 Å². The Hall–Kier alpha value is -7.56. The molecule has 2 aromatic heterocycles. The third-order valence-electron chi connectivity index (χ3n) is 9.76. The number of amides is 2. The van der Waals surface area contributed by atoms with Gasteiger partial charge in [0.15, 0.2) is 0 Å². The van der Waals surface area contributed by atoms with Crippen LogP contribution in [-0.4, -0.2) is 75.4 Å². The van der Waals surface area contributed by atoms with E-state index in [4.69, 9.17) is 23.7 Å². The first kappa shape index (κ1) is 48.5. The first-order chi connectivity index (χ1) is 31.1. The van der Waals surface area contributed by atoms with Crippen LogP contribution in [-0.2, 0) is 51.0 Å². The van der Waals surface area contributed by atoms with Crippen LogP contribution in [0.3, 0.4) is 0 Å². The van der Waals surface area contributed by atoms with Crippen LogP contribution in [0.5, 0.6) is 23.0 Å². The molecule has 6 aromatic rings. The van der Waals surface area contributed by atoms with Crippen LogP contribution in [0.1, 0.15) is 85.9 Å². The maximum Gasteiger partial charge on any atom is 0.399 e. The van der Waals surface area contributed by atoms with Crippen molar-refractivity contribution < 1.29 is 52.5 Å². The molecule has 6 rings (SSSR count). The number of carbonyl (C=O) groups is 6. The maximum atomic E-state index is 12.6. The standard InChI is InChI=1S/C26H29N3O7.C22H25N3O4/c1-6-9-20-19-14-18(10-11-21(19)29(28-20)24(31)26(33)35-8-3)36-22-15(4)12-17(13-16(22)5)27-23(30)25(32)34-7-2;1-5-7-18-17-12-16(8-9-19(17)25-24-18)29-20-13(3)10-15(11-14(20)4)23-21(26)22(27)28-6-2/h10-14H,6-9H2,1-5H3,(H,27,30);8-12H,5-7H2,1-4H3,(H,23,26)(H,24,25). The van der Waals surface area contributed by atoms with Crippen molar-refractivity contribution in [2.24, 2.45) is 0 Å². The first-order valence-electron chi connectivity index (χ1n) is 21.4. The van der Waals surface area contributed by atoms with Crippen LogP contribution in [0.25, 0.3) is 21.8 Å². The number of benzene rings is 4. The molecule has 0 saturated heterocycles. The van der Waals surface area contributed by atoms with Crippen molar-refractivity contribution in [3.63, 3.8) is 0 Å². The van der Waals surface area contributed by atoms with Gasteiger partial charge >= 0.3 is 35.6 Å². The summed E-state index contributed by atoms with van der Waals surface area (Å²) in [5.74, 6) is -2.82. The third-order valence-corrected chi connectivity index (χ3v) is 9.76. The van der Waals surface area contributed by atoms with Crippen molar-refractivity contribution in [2.75, 3.05) is 30.5 Å². The molecular weight excluding hydrogens is 837 g/mol. The minimum atomic E-state index is -0.966. The molecular formula is C48H54N6O11. The van der Waals surface area contributed by atoms with Gasteiger partial charge in [0.05, 0.1) is 36.5 Å². The van der Waals surface area contributed by atoms with Crippen molar-refractivity contribution in [3.8, 4) is 23.0 Å². The molecule has 0 aliphatic carbocycles. The van der Waals surface area contributed by atoms with E-state index in [1.165, 1.54) is 0 Å².